The van der Waals surface area contributed by atoms with Gasteiger partial charge in [-0.3, -0.25) is 9.69 Å². The number of carbonyl (C=O) groups excluding carboxylic acids is 1. The summed E-state index contributed by atoms with van der Waals surface area (Å²) in [5.74, 6) is 0.197. The molecule has 0 unspecified atom stereocenters. The number of piperazine rings is 1. The summed E-state index contributed by atoms with van der Waals surface area (Å²) in [6.07, 6.45) is 1.74. The first-order chi connectivity index (χ1) is 10.2. The van der Waals surface area contributed by atoms with Crippen LogP contribution >= 0.6 is 0 Å². The first-order valence-electron chi connectivity index (χ1n) is 7.91. The number of rotatable bonds is 3. The highest BCUT2D eigenvalue weighted by Gasteiger charge is 2.30. The summed E-state index contributed by atoms with van der Waals surface area (Å²) < 4.78 is 5.50. The van der Waals surface area contributed by atoms with Crippen molar-refractivity contribution in [1.82, 2.24) is 9.80 Å². The molecule has 2 aliphatic heterocycles. The zero-order chi connectivity index (χ0) is 14.7. The minimum absolute atomic E-state index is 0.173. The molecule has 0 radical (unpaired) electrons. The van der Waals surface area contributed by atoms with E-state index in [9.17, 15) is 4.79 Å². The second-order valence-electron chi connectivity index (χ2n) is 6.03. The molecule has 4 nitrogen and oxygen atoms in total. The number of aryl methyl sites for hydroxylation is 1. The number of nitrogens with zero attached hydrogens (tertiary/aromatic N) is 2. The average molecular weight is 288 g/mol. The fourth-order valence-electron chi connectivity index (χ4n) is 3.13. The zero-order valence-electron chi connectivity index (χ0n) is 12.8. The summed E-state index contributed by atoms with van der Waals surface area (Å²) >= 11 is 0. The molecule has 4 heteroatoms. The summed E-state index contributed by atoms with van der Waals surface area (Å²) in [4.78, 5) is 16.7. The molecular weight excluding hydrogens is 264 g/mol. The van der Waals surface area contributed by atoms with Crippen LogP contribution in [0.3, 0.4) is 0 Å². The maximum atomic E-state index is 12.3. The number of hydrogen-bond acceptors (Lipinski definition) is 3. The van der Waals surface area contributed by atoms with Gasteiger partial charge in [0.15, 0.2) is 0 Å². The Kier molecular flexibility index (Phi) is 4.56. The third kappa shape index (κ3) is 3.44. The zero-order valence-corrected chi connectivity index (χ0v) is 12.8. The van der Waals surface area contributed by atoms with Crippen LogP contribution in [0.25, 0.3) is 0 Å². The van der Waals surface area contributed by atoms with Gasteiger partial charge < -0.3 is 9.64 Å². The molecule has 2 fully saturated rings. The van der Waals surface area contributed by atoms with E-state index in [1.165, 1.54) is 11.1 Å². The lowest BCUT2D eigenvalue weighted by Gasteiger charge is -2.36. The topological polar surface area (TPSA) is 32.8 Å². The molecular formula is C17H24N2O2. The van der Waals surface area contributed by atoms with Gasteiger partial charge in [-0.15, -0.1) is 0 Å². The van der Waals surface area contributed by atoms with Gasteiger partial charge in [0.1, 0.15) is 6.10 Å². The summed E-state index contributed by atoms with van der Waals surface area (Å²) in [5, 5.41) is 0. The molecule has 0 aromatic heterocycles. The Morgan fingerprint density at radius 2 is 2.00 bits per heavy atom. The molecule has 114 valence electrons. The molecule has 2 aliphatic rings. The lowest BCUT2D eigenvalue weighted by molar-refractivity contribution is -0.142. The van der Waals surface area contributed by atoms with Crippen molar-refractivity contribution in [3.05, 3.63) is 35.4 Å². The average Bonchev–Trinajstić information content (AvgIpc) is 3.04. The van der Waals surface area contributed by atoms with Crippen molar-refractivity contribution < 1.29 is 9.53 Å². The van der Waals surface area contributed by atoms with Crippen LogP contribution in [0.1, 0.15) is 24.0 Å². The molecule has 0 aliphatic carbocycles. The Hall–Kier alpha value is -1.39. The maximum Gasteiger partial charge on any atom is 0.251 e. The van der Waals surface area contributed by atoms with Gasteiger partial charge in [0, 0.05) is 39.3 Å². The van der Waals surface area contributed by atoms with Crippen LogP contribution in [0.5, 0.6) is 0 Å². The highest BCUT2D eigenvalue weighted by molar-refractivity contribution is 5.81. The minimum atomic E-state index is -0.173. The second kappa shape index (κ2) is 6.58. The van der Waals surface area contributed by atoms with Gasteiger partial charge in [0.25, 0.3) is 5.91 Å². The van der Waals surface area contributed by atoms with Gasteiger partial charge >= 0.3 is 0 Å². The van der Waals surface area contributed by atoms with Crippen molar-refractivity contribution in [2.24, 2.45) is 0 Å². The maximum absolute atomic E-state index is 12.3. The number of amides is 1. The lowest BCUT2D eigenvalue weighted by atomic mass is 10.1. The summed E-state index contributed by atoms with van der Waals surface area (Å²) in [7, 11) is 0. The van der Waals surface area contributed by atoms with E-state index in [0.29, 0.717) is 0 Å². The van der Waals surface area contributed by atoms with E-state index in [4.69, 9.17) is 4.74 Å². The Morgan fingerprint density at radius 3 is 2.67 bits per heavy atom. The molecule has 1 aromatic rings. The van der Waals surface area contributed by atoms with Gasteiger partial charge in [-0.2, -0.15) is 0 Å². The third-order valence-electron chi connectivity index (χ3n) is 4.54. The van der Waals surface area contributed by atoms with E-state index in [2.05, 4.69) is 36.1 Å². The third-order valence-corrected chi connectivity index (χ3v) is 4.54. The first-order valence-corrected chi connectivity index (χ1v) is 7.91. The first kappa shape index (κ1) is 14.5. The van der Waals surface area contributed by atoms with Crippen LogP contribution in [0.2, 0.25) is 0 Å². The van der Waals surface area contributed by atoms with Crippen LogP contribution in [0.4, 0.5) is 0 Å². The van der Waals surface area contributed by atoms with Crippen LogP contribution < -0.4 is 0 Å². The van der Waals surface area contributed by atoms with Crippen molar-refractivity contribution in [2.45, 2.75) is 32.4 Å². The fourth-order valence-corrected chi connectivity index (χ4v) is 3.13. The Labute approximate surface area is 126 Å². The predicted octanol–water partition coefficient (Wildman–Crippen LogP) is 1.82. The van der Waals surface area contributed by atoms with Gasteiger partial charge in [0.05, 0.1) is 0 Å². The molecule has 1 atom stereocenters. The Morgan fingerprint density at radius 1 is 1.24 bits per heavy atom. The van der Waals surface area contributed by atoms with E-state index in [1.807, 2.05) is 4.90 Å². The van der Waals surface area contributed by atoms with Crippen molar-refractivity contribution >= 4 is 5.91 Å². The summed E-state index contributed by atoms with van der Waals surface area (Å²) in [5.41, 5.74) is 2.73. The van der Waals surface area contributed by atoms with Gasteiger partial charge in [-0.25, -0.2) is 0 Å². The van der Waals surface area contributed by atoms with Gasteiger partial charge in [-0.05, 0) is 30.9 Å². The summed E-state index contributed by atoms with van der Waals surface area (Å²) in [6, 6.07) is 8.53. The molecule has 2 saturated heterocycles. The smallest absolute Gasteiger partial charge is 0.251 e. The van der Waals surface area contributed by atoms with Gasteiger partial charge in [0.2, 0.25) is 0 Å². The molecule has 3 rings (SSSR count). The highest BCUT2D eigenvalue weighted by Crippen LogP contribution is 2.17. The lowest BCUT2D eigenvalue weighted by Crippen LogP contribution is -2.51. The fraction of sp³-hybridized carbons (Fsp3) is 0.588. The van der Waals surface area contributed by atoms with Crippen molar-refractivity contribution in [1.29, 1.82) is 0 Å². The molecule has 1 aromatic carbocycles. The van der Waals surface area contributed by atoms with Crippen LogP contribution in [0, 0.1) is 6.92 Å². The van der Waals surface area contributed by atoms with E-state index in [0.717, 1.165) is 52.2 Å². The molecule has 21 heavy (non-hydrogen) atoms. The summed E-state index contributed by atoms with van der Waals surface area (Å²) in [6.45, 7) is 7.43. The number of hydrogen-bond donors (Lipinski definition) is 0. The Balaban J connectivity index is 1.51. The van der Waals surface area contributed by atoms with Crippen LogP contribution in [0.15, 0.2) is 24.3 Å². The molecule has 2 heterocycles. The number of benzene rings is 1. The molecule has 0 bridgehead atoms. The normalized spacial score (nSPS) is 23.5. The predicted molar refractivity (Wildman–Crippen MR) is 82.0 cm³/mol. The molecule has 1 amide bonds. The van der Waals surface area contributed by atoms with E-state index >= 15 is 0 Å². The van der Waals surface area contributed by atoms with Crippen molar-refractivity contribution in [3.63, 3.8) is 0 Å². The minimum Gasteiger partial charge on any atom is -0.368 e. The standard InChI is InChI=1S/C17H24N2O2/c1-14-5-2-3-6-15(14)13-18-8-10-19(11-9-18)17(20)16-7-4-12-21-16/h2-3,5-6,16H,4,7-13H2,1H3/t16-/m1/s1. The second-order valence-corrected chi connectivity index (χ2v) is 6.03. The van der Waals surface area contributed by atoms with Crippen LogP contribution in [-0.2, 0) is 16.1 Å². The SMILES string of the molecule is Cc1ccccc1CN1CCN(C(=O)[C@H]2CCCO2)CC1. The van der Waals surface area contributed by atoms with E-state index in [-0.39, 0.29) is 12.0 Å². The van der Waals surface area contributed by atoms with Crippen molar-refractivity contribution in [2.75, 3.05) is 32.8 Å². The largest absolute Gasteiger partial charge is 0.368 e. The Bertz CT molecular complexity index is 489. The number of carbonyl (C=O) groups is 1. The highest BCUT2D eigenvalue weighted by atomic mass is 16.5. The quantitative estimate of drug-likeness (QED) is 0.850. The number of ether oxygens (including phenoxy) is 1. The monoisotopic (exact) mass is 288 g/mol. The van der Waals surface area contributed by atoms with Gasteiger partial charge in [-0.1, -0.05) is 24.3 Å². The van der Waals surface area contributed by atoms with E-state index in [1.54, 1.807) is 0 Å². The van der Waals surface area contributed by atoms with E-state index < -0.39 is 0 Å². The molecule has 0 spiro atoms. The molecule has 0 saturated carbocycles. The van der Waals surface area contributed by atoms with Crippen LogP contribution in [-0.4, -0.2) is 54.6 Å². The molecule has 0 N–H and O–H groups in total. The van der Waals surface area contributed by atoms with Crippen molar-refractivity contribution in [3.8, 4) is 0 Å².